The van der Waals surface area contributed by atoms with Crippen molar-refractivity contribution in [1.82, 2.24) is 5.32 Å². The number of nitrogens with one attached hydrogen (secondary N) is 1. The van der Waals surface area contributed by atoms with Crippen molar-refractivity contribution in [3.63, 3.8) is 0 Å². The van der Waals surface area contributed by atoms with E-state index in [1.54, 1.807) is 11.8 Å². The van der Waals surface area contributed by atoms with E-state index in [1.807, 2.05) is 0 Å². The summed E-state index contributed by atoms with van der Waals surface area (Å²) in [6.07, 6.45) is 3.96. The van der Waals surface area contributed by atoms with E-state index in [1.165, 1.54) is 11.1 Å². The number of carbonyl (C=O) groups excluding carboxylic acids is 1. The quantitative estimate of drug-likeness (QED) is 0.653. The number of aliphatic hydroxyl groups is 1. The largest absolute Gasteiger partial charge is 0.396 e. The maximum Gasteiger partial charge on any atom is 0.230 e. The highest BCUT2D eigenvalue weighted by Gasteiger charge is 2.01. The predicted molar refractivity (Wildman–Crippen MR) is 85.9 cm³/mol. The van der Waals surface area contributed by atoms with Crippen LogP contribution >= 0.6 is 11.8 Å². The highest BCUT2D eigenvalue weighted by atomic mass is 32.2. The molecular formula is C16H25NO2S. The maximum absolute atomic E-state index is 11.6. The second-order valence-electron chi connectivity index (χ2n) is 4.97. The minimum absolute atomic E-state index is 0.115. The Morgan fingerprint density at radius 3 is 2.55 bits per heavy atom. The summed E-state index contributed by atoms with van der Waals surface area (Å²) in [6.45, 7) is 3.09. The van der Waals surface area contributed by atoms with Crippen LogP contribution in [0.15, 0.2) is 24.3 Å². The fraction of sp³-hybridized carbons (Fsp3) is 0.562. The van der Waals surface area contributed by atoms with Crippen LogP contribution in [0.3, 0.4) is 0 Å². The Morgan fingerprint density at radius 2 is 1.85 bits per heavy atom. The van der Waals surface area contributed by atoms with Crippen LogP contribution < -0.4 is 5.32 Å². The van der Waals surface area contributed by atoms with Gasteiger partial charge in [-0.25, -0.2) is 0 Å². The van der Waals surface area contributed by atoms with Crippen LogP contribution in [0.25, 0.3) is 0 Å². The smallest absolute Gasteiger partial charge is 0.230 e. The first-order chi connectivity index (χ1) is 9.72. The maximum atomic E-state index is 11.6. The Kier molecular flexibility index (Phi) is 9.16. The van der Waals surface area contributed by atoms with Gasteiger partial charge in [-0.15, -0.1) is 11.8 Å². The van der Waals surface area contributed by atoms with Gasteiger partial charge in [0.15, 0.2) is 0 Å². The van der Waals surface area contributed by atoms with E-state index in [4.69, 9.17) is 5.11 Å². The number of amides is 1. The van der Waals surface area contributed by atoms with Crippen molar-refractivity contribution in [2.45, 2.75) is 38.4 Å². The van der Waals surface area contributed by atoms with Gasteiger partial charge in [-0.05, 0) is 25.3 Å². The molecule has 1 amide bonds. The first-order valence-corrected chi connectivity index (χ1v) is 8.38. The van der Waals surface area contributed by atoms with Gasteiger partial charge in [0.25, 0.3) is 0 Å². The van der Waals surface area contributed by atoms with Gasteiger partial charge < -0.3 is 10.4 Å². The number of thioether (sulfide) groups is 1. The number of rotatable bonds is 10. The first kappa shape index (κ1) is 17.1. The molecule has 3 nitrogen and oxygen atoms in total. The second kappa shape index (κ2) is 10.7. The Hall–Kier alpha value is -1.00. The minimum Gasteiger partial charge on any atom is -0.396 e. The van der Waals surface area contributed by atoms with Crippen molar-refractivity contribution in [1.29, 1.82) is 0 Å². The second-order valence-corrected chi connectivity index (χ2v) is 5.95. The van der Waals surface area contributed by atoms with Crippen molar-refractivity contribution in [2.75, 3.05) is 18.9 Å². The molecule has 0 bridgehead atoms. The summed E-state index contributed by atoms with van der Waals surface area (Å²) >= 11 is 1.65. The Bertz CT molecular complexity index is 379. The summed E-state index contributed by atoms with van der Waals surface area (Å²) in [5.74, 6) is 1.51. The van der Waals surface area contributed by atoms with E-state index in [0.29, 0.717) is 5.75 Å². The Balaban J connectivity index is 2.01. The Morgan fingerprint density at radius 1 is 1.15 bits per heavy atom. The fourth-order valence-corrected chi connectivity index (χ4v) is 2.63. The number of unbranched alkanes of at least 4 members (excludes halogenated alkanes) is 3. The third-order valence-corrected chi connectivity index (χ3v) is 4.03. The number of carbonyl (C=O) groups is 1. The molecule has 1 aromatic carbocycles. The van der Waals surface area contributed by atoms with Gasteiger partial charge in [0, 0.05) is 18.9 Å². The zero-order valence-corrected chi connectivity index (χ0v) is 13.0. The fourth-order valence-electron chi connectivity index (χ4n) is 1.82. The van der Waals surface area contributed by atoms with E-state index in [0.717, 1.165) is 38.0 Å². The molecule has 0 radical (unpaired) electrons. The molecule has 112 valence electrons. The molecule has 1 rings (SSSR count). The topological polar surface area (TPSA) is 49.3 Å². The van der Waals surface area contributed by atoms with Crippen molar-refractivity contribution < 1.29 is 9.90 Å². The lowest BCUT2D eigenvalue weighted by Gasteiger charge is -2.05. The standard InChI is InChI=1S/C16H25NO2S/c1-14-6-8-15(9-7-14)12-20-13-16(19)17-10-4-2-3-5-11-18/h6-9,18H,2-5,10-13H2,1H3,(H,17,19). The van der Waals surface area contributed by atoms with E-state index in [2.05, 4.69) is 36.5 Å². The highest BCUT2D eigenvalue weighted by Crippen LogP contribution is 2.12. The molecule has 0 atom stereocenters. The Labute approximate surface area is 126 Å². The molecule has 0 aliphatic carbocycles. The summed E-state index contributed by atoms with van der Waals surface area (Å²) in [4.78, 5) is 11.6. The zero-order valence-electron chi connectivity index (χ0n) is 12.2. The normalized spacial score (nSPS) is 10.5. The summed E-state index contributed by atoms with van der Waals surface area (Å²) in [7, 11) is 0. The third kappa shape index (κ3) is 8.23. The van der Waals surface area contributed by atoms with Crippen LogP contribution in [-0.2, 0) is 10.5 Å². The van der Waals surface area contributed by atoms with Gasteiger partial charge in [0.2, 0.25) is 5.91 Å². The molecule has 1 aromatic rings. The molecule has 20 heavy (non-hydrogen) atoms. The molecule has 0 aliphatic heterocycles. The van der Waals surface area contributed by atoms with Crippen LogP contribution in [0.2, 0.25) is 0 Å². The number of aliphatic hydroxyl groups excluding tert-OH is 1. The SMILES string of the molecule is Cc1ccc(CSCC(=O)NCCCCCCO)cc1. The highest BCUT2D eigenvalue weighted by molar-refractivity contribution is 7.99. The van der Waals surface area contributed by atoms with Crippen LogP contribution in [0, 0.1) is 6.92 Å². The van der Waals surface area contributed by atoms with Crippen molar-refractivity contribution >= 4 is 17.7 Å². The summed E-state index contributed by atoms with van der Waals surface area (Å²) in [5.41, 5.74) is 2.52. The first-order valence-electron chi connectivity index (χ1n) is 7.23. The lowest BCUT2D eigenvalue weighted by molar-refractivity contribution is -0.118. The predicted octanol–water partition coefficient (Wildman–Crippen LogP) is 2.90. The number of hydrogen-bond acceptors (Lipinski definition) is 3. The average molecular weight is 295 g/mol. The number of aryl methyl sites for hydroxylation is 1. The lowest BCUT2D eigenvalue weighted by atomic mass is 10.2. The number of benzene rings is 1. The van der Waals surface area contributed by atoms with E-state index in [-0.39, 0.29) is 12.5 Å². The van der Waals surface area contributed by atoms with Crippen molar-refractivity contribution in [3.05, 3.63) is 35.4 Å². The van der Waals surface area contributed by atoms with E-state index in [9.17, 15) is 4.79 Å². The van der Waals surface area contributed by atoms with Crippen LogP contribution in [0.1, 0.15) is 36.8 Å². The molecule has 0 fully saturated rings. The molecule has 0 aromatic heterocycles. The van der Waals surface area contributed by atoms with Gasteiger partial charge in [-0.1, -0.05) is 42.7 Å². The van der Waals surface area contributed by atoms with E-state index < -0.39 is 0 Å². The van der Waals surface area contributed by atoms with Gasteiger partial charge >= 0.3 is 0 Å². The summed E-state index contributed by atoms with van der Waals surface area (Å²) in [6, 6.07) is 8.42. The van der Waals surface area contributed by atoms with E-state index >= 15 is 0 Å². The van der Waals surface area contributed by atoms with Gasteiger partial charge in [0.05, 0.1) is 5.75 Å². The van der Waals surface area contributed by atoms with Gasteiger partial charge in [-0.3, -0.25) is 4.79 Å². The van der Waals surface area contributed by atoms with Gasteiger partial charge in [-0.2, -0.15) is 0 Å². The average Bonchev–Trinajstić information content (AvgIpc) is 2.45. The molecule has 2 N–H and O–H groups in total. The molecule has 0 heterocycles. The van der Waals surface area contributed by atoms with Gasteiger partial charge in [0.1, 0.15) is 0 Å². The van der Waals surface area contributed by atoms with Crippen LogP contribution in [0.5, 0.6) is 0 Å². The minimum atomic E-state index is 0.115. The lowest BCUT2D eigenvalue weighted by Crippen LogP contribution is -2.26. The third-order valence-electron chi connectivity index (χ3n) is 3.03. The molecule has 0 aliphatic rings. The summed E-state index contributed by atoms with van der Waals surface area (Å²) < 4.78 is 0. The molecule has 0 saturated carbocycles. The van der Waals surface area contributed by atoms with Crippen molar-refractivity contribution in [2.24, 2.45) is 0 Å². The van der Waals surface area contributed by atoms with Crippen molar-refractivity contribution in [3.8, 4) is 0 Å². The molecule has 0 unspecified atom stereocenters. The van der Waals surface area contributed by atoms with Crippen LogP contribution in [-0.4, -0.2) is 29.9 Å². The molecule has 4 heteroatoms. The number of hydrogen-bond donors (Lipinski definition) is 2. The monoisotopic (exact) mass is 295 g/mol. The molecule has 0 spiro atoms. The molecular weight excluding hydrogens is 270 g/mol. The molecule has 0 saturated heterocycles. The summed E-state index contributed by atoms with van der Waals surface area (Å²) in [5, 5.41) is 11.6. The van der Waals surface area contributed by atoms with Crippen LogP contribution in [0.4, 0.5) is 0 Å². The zero-order chi connectivity index (χ0) is 14.6.